The second-order valence-electron chi connectivity index (χ2n) is 9.37. The normalized spacial score (nSPS) is 29.8. The van der Waals surface area contributed by atoms with Crippen LogP contribution in [0.1, 0.15) is 112 Å². The number of nitrogens with one attached hydrogen (secondary N) is 1. The lowest BCUT2D eigenvalue weighted by Crippen LogP contribution is -2.73. The molecule has 1 heterocycles. The molecule has 0 saturated carbocycles. The summed E-state index contributed by atoms with van der Waals surface area (Å²) in [7, 11) is 2.42. The molecule has 2 heteroatoms. The zero-order chi connectivity index (χ0) is 18.1. The maximum Gasteiger partial charge on any atom is 0.111 e. The van der Waals surface area contributed by atoms with Crippen LogP contribution in [-0.2, 0) is 0 Å². The monoisotopic (exact) mass is 339 g/mol. The highest BCUT2D eigenvalue weighted by atomic mass is 15.7. The first-order valence-electron chi connectivity index (χ1n) is 10.9. The van der Waals surface area contributed by atoms with Crippen molar-refractivity contribution in [2.75, 3.05) is 13.6 Å². The average Bonchev–Trinajstić information content (AvgIpc) is 2.50. The molecule has 1 rings (SSSR count). The van der Waals surface area contributed by atoms with Gasteiger partial charge in [0.15, 0.2) is 0 Å². The van der Waals surface area contributed by atoms with Crippen molar-refractivity contribution in [2.24, 2.45) is 5.92 Å². The van der Waals surface area contributed by atoms with Crippen LogP contribution in [0.4, 0.5) is 0 Å². The molecule has 1 fully saturated rings. The molecule has 1 aliphatic heterocycles. The third-order valence-corrected chi connectivity index (χ3v) is 6.70. The molecule has 1 saturated heterocycles. The fraction of sp³-hybridized carbons (Fsp3) is 1.00. The Hall–Kier alpha value is -0.0800. The van der Waals surface area contributed by atoms with Crippen molar-refractivity contribution in [3.63, 3.8) is 0 Å². The summed E-state index contributed by atoms with van der Waals surface area (Å²) in [6.07, 6.45) is 16.9. The van der Waals surface area contributed by atoms with Crippen molar-refractivity contribution < 1.29 is 4.59 Å². The highest BCUT2D eigenvalue weighted by Gasteiger charge is 2.49. The van der Waals surface area contributed by atoms with Crippen molar-refractivity contribution in [3.8, 4) is 0 Å². The third kappa shape index (κ3) is 6.67. The molecule has 0 bridgehead atoms. The van der Waals surface area contributed by atoms with Gasteiger partial charge in [0, 0.05) is 19.4 Å². The van der Waals surface area contributed by atoms with Crippen molar-refractivity contribution in [3.05, 3.63) is 0 Å². The predicted octanol–water partition coefficient (Wildman–Crippen LogP) is 6.46. The minimum Gasteiger partial charge on any atom is -0.242 e. The van der Waals surface area contributed by atoms with E-state index in [0.29, 0.717) is 11.6 Å². The molecule has 0 spiro atoms. The van der Waals surface area contributed by atoms with Gasteiger partial charge in [-0.05, 0) is 33.1 Å². The quantitative estimate of drug-likeness (QED) is 0.318. The van der Waals surface area contributed by atoms with Gasteiger partial charge >= 0.3 is 0 Å². The highest BCUT2D eigenvalue weighted by Crippen LogP contribution is 2.38. The first-order valence-corrected chi connectivity index (χ1v) is 10.9. The molecule has 0 aromatic heterocycles. The third-order valence-electron chi connectivity index (χ3n) is 6.70. The van der Waals surface area contributed by atoms with Crippen LogP contribution >= 0.6 is 0 Å². The Morgan fingerprint density at radius 2 is 1.38 bits per heavy atom. The molecule has 0 aromatic rings. The minimum atomic E-state index is 0.343. The number of hydrogen-bond acceptors (Lipinski definition) is 1. The Bertz CT molecular complexity index is 326. The summed E-state index contributed by atoms with van der Waals surface area (Å²) in [5, 5.41) is 0. The Morgan fingerprint density at radius 1 is 0.875 bits per heavy atom. The first kappa shape index (κ1) is 22.0. The van der Waals surface area contributed by atoms with E-state index in [0.717, 1.165) is 10.5 Å². The second-order valence-corrected chi connectivity index (χ2v) is 9.37. The number of hydrogen-bond donors (Lipinski definition) is 1. The summed E-state index contributed by atoms with van der Waals surface area (Å²) in [5.74, 6) is 0.861. The van der Waals surface area contributed by atoms with Crippen molar-refractivity contribution in [1.82, 2.24) is 5.43 Å². The van der Waals surface area contributed by atoms with Gasteiger partial charge in [0.2, 0.25) is 0 Å². The van der Waals surface area contributed by atoms with Gasteiger partial charge in [-0.2, -0.15) is 5.43 Å². The van der Waals surface area contributed by atoms with Crippen LogP contribution in [0.15, 0.2) is 0 Å². The largest absolute Gasteiger partial charge is 0.242 e. The van der Waals surface area contributed by atoms with Crippen LogP contribution in [0, 0.1) is 5.92 Å². The highest BCUT2D eigenvalue weighted by molar-refractivity contribution is 4.80. The fourth-order valence-electron chi connectivity index (χ4n) is 4.81. The summed E-state index contributed by atoms with van der Waals surface area (Å²) in [5.41, 5.74) is 4.26. The van der Waals surface area contributed by atoms with Gasteiger partial charge in [0.05, 0.1) is 7.05 Å². The van der Waals surface area contributed by atoms with E-state index >= 15 is 0 Å². The maximum absolute atomic E-state index is 3.92. The van der Waals surface area contributed by atoms with E-state index in [-0.39, 0.29) is 0 Å². The van der Waals surface area contributed by atoms with Crippen LogP contribution in [0.5, 0.6) is 0 Å². The van der Waals surface area contributed by atoms with Crippen molar-refractivity contribution >= 4 is 0 Å². The molecular formula is C22H47N2+. The number of likely N-dealkylation sites (tertiary alicyclic amines) is 1. The fourth-order valence-corrected chi connectivity index (χ4v) is 4.81. The smallest absolute Gasteiger partial charge is 0.111 e. The van der Waals surface area contributed by atoms with E-state index in [4.69, 9.17) is 0 Å². The van der Waals surface area contributed by atoms with Crippen LogP contribution in [-0.4, -0.2) is 29.8 Å². The molecular weight excluding hydrogens is 292 g/mol. The van der Waals surface area contributed by atoms with Gasteiger partial charge in [-0.1, -0.05) is 71.6 Å². The summed E-state index contributed by atoms with van der Waals surface area (Å²) < 4.78 is 1.05. The first-order chi connectivity index (χ1) is 11.3. The summed E-state index contributed by atoms with van der Waals surface area (Å²) >= 11 is 0. The van der Waals surface area contributed by atoms with E-state index in [9.17, 15) is 0 Å². The van der Waals surface area contributed by atoms with Gasteiger partial charge in [-0.3, -0.25) is 0 Å². The summed E-state index contributed by atoms with van der Waals surface area (Å²) in [6.45, 7) is 13.2. The Labute approximate surface area is 153 Å². The topological polar surface area (TPSA) is 12.0 Å². The predicted molar refractivity (Wildman–Crippen MR) is 108 cm³/mol. The number of quaternary nitrogens is 1. The Morgan fingerprint density at radius 3 is 1.88 bits per heavy atom. The van der Waals surface area contributed by atoms with E-state index < -0.39 is 0 Å². The van der Waals surface area contributed by atoms with Crippen LogP contribution in [0.25, 0.3) is 0 Å². The average molecular weight is 340 g/mol. The minimum absolute atomic E-state index is 0.343. The zero-order valence-corrected chi connectivity index (χ0v) is 17.8. The SMILES string of the molecule is CCCCCCCCCCCCN[N+]1(C)C(C)CC(C)CC1(C)C. The lowest BCUT2D eigenvalue weighted by Gasteiger charge is -2.55. The second kappa shape index (κ2) is 10.8. The van der Waals surface area contributed by atoms with E-state index in [1.165, 1.54) is 83.6 Å². The molecule has 3 atom stereocenters. The molecule has 3 unspecified atom stereocenters. The maximum atomic E-state index is 3.92. The molecule has 2 nitrogen and oxygen atoms in total. The standard InChI is InChI=1S/C22H47N2/c1-7-8-9-10-11-12-13-14-15-16-17-23-24(6)21(3)18-20(2)19-22(24,4)5/h20-21,23H,7-19H2,1-6H3/q+1. The lowest BCUT2D eigenvalue weighted by atomic mass is 9.79. The zero-order valence-electron chi connectivity index (χ0n) is 17.8. The number of unbranched alkanes of at least 4 members (excludes halogenated alkanes) is 9. The molecule has 0 aromatic carbocycles. The molecule has 1 N–H and O–H groups in total. The summed E-state index contributed by atoms with van der Waals surface area (Å²) in [6, 6.07) is 0.715. The van der Waals surface area contributed by atoms with Gasteiger partial charge in [-0.15, -0.1) is 0 Å². The Kier molecular flexibility index (Phi) is 9.89. The van der Waals surface area contributed by atoms with Gasteiger partial charge in [-0.25, -0.2) is 4.59 Å². The number of rotatable bonds is 12. The molecule has 1 aliphatic rings. The van der Waals surface area contributed by atoms with E-state index in [1.807, 2.05) is 0 Å². The summed E-state index contributed by atoms with van der Waals surface area (Å²) in [4.78, 5) is 0. The van der Waals surface area contributed by atoms with E-state index in [1.54, 1.807) is 0 Å². The van der Waals surface area contributed by atoms with Crippen LogP contribution in [0.3, 0.4) is 0 Å². The molecule has 144 valence electrons. The Balaban J connectivity index is 2.11. The lowest BCUT2D eigenvalue weighted by molar-refractivity contribution is -1.02. The number of piperidine rings is 1. The van der Waals surface area contributed by atoms with Crippen LogP contribution in [0.2, 0.25) is 0 Å². The van der Waals surface area contributed by atoms with E-state index in [2.05, 4.69) is 47.1 Å². The van der Waals surface area contributed by atoms with Gasteiger partial charge in [0.25, 0.3) is 0 Å². The number of nitrogens with zero attached hydrogens (tertiary/aromatic N) is 1. The molecule has 24 heavy (non-hydrogen) atoms. The molecule has 0 aliphatic carbocycles. The molecule has 0 radical (unpaired) electrons. The van der Waals surface area contributed by atoms with Crippen molar-refractivity contribution in [1.29, 1.82) is 0 Å². The molecule has 0 amide bonds. The van der Waals surface area contributed by atoms with Gasteiger partial charge < -0.3 is 0 Å². The van der Waals surface area contributed by atoms with Crippen molar-refractivity contribution in [2.45, 2.75) is 123 Å². The van der Waals surface area contributed by atoms with Gasteiger partial charge in [0.1, 0.15) is 11.6 Å². The van der Waals surface area contributed by atoms with Crippen LogP contribution < -0.4 is 5.43 Å².